The van der Waals surface area contributed by atoms with Gasteiger partial charge in [-0.05, 0) is 91.6 Å². The van der Waals surface area contributed by atoms with Gasteiger partial charge in [-0.3, -0.25) is 19.5 Å². The molecular formula is C34H40N6O3. The molecule has 3 aromatic carbocycles. The fourth-order valence-corrected chi connectivity index (χ4v) is 5.91. The second-order valence-electron chi connectivity index (χ2n) is 11.5. The molecular weight excluding hydrogens is 540 g/mol. The van der Waals surface area contributed by atoms with E-state index in [-0.39, 0.29) is 29.9 Å². The average Bonchev–Trinajstić information content (AvgIpc) is 3.51. The van der Waals surface area contributed by atoms with Gasteiger partial charge in [-0.1, -0.05) is 36.4 Å². The van der Waals surface area contributed by atoms with Crippen LogP contribution in [0.25, 0.3) is 22.0 Å². The minimum Gasteiger partial charge on any atom is -0.351 e. The summed E-state index contributed by atoms with van der Waals surface area (Å²) in [6, 6.07) is 21.0. The molecule has 0 radical (unpaired) electrons. The van der Waals surface area contributed by atoms with Gasteiger partial charge in [0, 0.05) is 48.0 Å². The third kappa shape index (κ3) is 7.74. The summed E-state index contributed by atoms with van der Waals surface area (Å²) >= 11 is 0. The third-order valence-electron chi connectivity index (χ3n) is 8.48. The van der Waals surface area contributed by atoms with E-state index in [2.05, 4.69) is 26.9 Å². The largest absolute Gasteiger partial charge is 0.351 e. The van der Waals surface area contributed by atoms with Gasteiger partial charge in [0.15, 0.2) is 0 Å². The maximum Gasteiger partial charge on any atom is 0.251 e. The topological polar surface area (TPSA) is 156 Å². The SMILES string of the molecule is NCCNC(=O)c1ccc(-c2cccc(C[C@H](CC(=O)C3CCC(CN)CC3)C(=O)Nc3ccc4cn[nH]c4c3)c2)cc1. The Kier molecular flexibility index (Phi) is 9.96. The molecule has 1 aromatic heterocycles. The Hall–Kier alpha value is -4.34. The van der Waals surface area contributed by atoms with Crippen LogP contribution in [-0.2, 0) is 16.0 Å². The van der Waals surface area contributed by atoms with Crippen LogP contribution in [0, 0.1) is 17.8 Å². The number of amides is 2. The van der Waals surface area contributed by atoms with E-state index in [0.29, 0.717) is 43.2 Å². The molecule has 0 saturated heterocycles. The van der Waals surface area contributed by atoms with Crippen LogP contribution in [-0.4, -0.2) is 47.4 Å². The lowest BCUT2D eigenvalue weighted by Crippen LogP contribution is -2.31. The Labute approximate surface area is 251 Å². The quantitative estimate of drug-likeness (QED) is 0.167. The number of Topliss-reactive ketones (excluding diaryl/α,β-unsaturated/α-hetero) is 1. The summed E-state index contributed by atoms with van der Waals surface area (Å²) in [6.07, 6.45) is 5.94. The van der Waals surface area contributed by atoms with E-state index in [1.807, 2.05) is 48.5 Å². The maximum absolute atomic E-state index is 13.7. The van der Waals surface area contributed by atoms with Gasteiger partial charge in [0.25, 0.3) is 5.91 Å². The highest BCUT2D eigenvalue weighted by atomic mass is 16.2. The molecule has 1 atom stereocenters. The fraction of sp³-hybridized carbons (Fsp3) is 0.353. The molecule has 9 nitrogen and oxygen atoms in total. The molecule has 9 heteroatoms. The van der Waals surface area contributed by atoms with Crippen LogP contribution in [0.15, 0.2) is 72.9 Å². The highest BCUT2D eigenvalue weighted by Gasteiger charge is 2.30. The van der Waals surface area contributed by atoms with Gasteiger partial charge in [-0.2, -0.15) is 5.10 Å². The highest BCUT2D eigenvalue weighted by Crippen LogP contribution is 2.31. The number of nitrogens with zero attached hydrogens (tertiary/aromatic N) is 1. The minimum absolute atomic E-state index is 0.0219. The Morgan fingerprint density at radius 2 is 1.72 bits per heavy atom. The van der Waals surface area contributed by atoms with Gasteiger partial charge in [-0.15, -0.1) is 0 Å². The van der Waals surface area contributed by atoms with E-state index in [9.17, 15) is 14.4 Å². The molecule has 1 saturated carbocycles. The first-order valence-electron chi connectivity index (χ1n) is 15.1. The Balaban J connectivity index is 1.33. The number of rotatable bonds is 12. The molecule has 1 aliphatic rings. The van der Waals surface area contributed by atoms with Crippen molar-refractivity contribution in [3.63, 3.8) is 0 Å². The number of benzene rings is 3. The molecule has 4 aromatic rings. The molecule has 0 unspecified atom stereocenters. The zero-order valence-corrected chi connectivity index (χ0v) is 24.4. The van der Waals surface area contributed by atoms with Gasteiger partial charge < -0.3 is 22.1 Å². The fourth-order valence-electron chi connectivity index (χ4n) is 5.91. The van der Waals surface area contributed by atoms with E-state index >= 15 is 0 Å². The van der Waals surface area contributed by atoms with Crippen LogP contribution in [0.2, 0.25) is 0 Å². The molecule has 1 aliphatic carbocycles. The number of carbonyl (C=O) groups excluding carboxylic acids is 3. The number of aromatic nitrogens is 2. The number of H-pyrrole nitrogens is 1. The number of fused-ring (bicyclic) bond motifs is 1. The number of carbonyl (C=O) groups is 3. The summed E-state index contributed by atoms with van der Waals surface area (Å²) in [7, 11) is 0. The van der Waals surface area contributed by atoms with Gasteiger partial charge in [-0.25, -0.2) is 0 Å². The summed E-state index contributed by atoms with van der Waals surface area (Å²) in [5, 5.41) is 13.8. The van der Waals surface area contributed by atoms with E-state index in [1.165, 1.54) is 0 Å². The van der Waals surface area contributed by atoms with Crippen molar-refractivity contribution < 1.29 is 14.4 Å². The lowest BCUT2D eigenvalue weighted by Gasteiger charge is -2.27. The van der Waals surface area contributed by atoms with Crippen LogP contribution in [0.1, 0.15) is 48.0 Å². The first-order valence-corrected chi connectivity index (χ1v) is 15.1. The second kappa shape index (κ2) is 14.2. The predicted molar refractivity (Wildman–Crippen MR) is 169 cm³/mol. The van der Waals surface area contributed by atoms with Crippen molar-refractivity contribution in [3.05, 3.63) is 84.1 Å². The van der Waals surface area contributed by atoms with Crippen molar-refractivity contribution >= 4 is 34.2 Å². The van der Waals surface area contributed by atoms with Crippen LogP contribution in [0.5, 0.6) is 0 Å². The van der Waals surface area contributed by atoms with E-state index in [4.69, 9.17) is 11.5 Å². The number of anilines is 1. The summed E-state index contributed by atoms with van der Waals surface area (Å²) in [6.45, 7) is 1.47. The lowest BCUT2D eigenvalue weighted by molar-refractivity contribution is -0.129. The molecule has 1 fully saturated rings. The third-order valence-corrected chi connectivity index (χ3v) is 8.48. The van der Waals surface area contributed by atoms with Gasteiger partial charge in [0.05, 0.1) is 11.7 Å². The standard InChI is InChI=1S/C34H40N6O3/c35-14-15-37-33(42)26-10-8-24(9-11-26)27-3-1-2-23(16-27)17-29(18-32(41)25-6-4-22(20-36)5-7-25)34(43)39-30-13-12-28-21-38-40-31(28)19-30/h1-3,8-13,16,19,21-22,25,29H,4-7,14-15,17-18,20,35-36H2,(H,37,42)(H,38,40)(H,39,43)/t22?,25?,29-/m1/s1. The first-order chi connectivity index (χ1) is 20.9. The molecule has 43 heavy (non-hydrogen) atoms. The van der Waals surface area contributed by atoms with E-state index in [0.717, 1.165) is 53.3 Å². The number of nitrogens with one attached hydrogen (secondary N) is 3. The predicted octanol–water partition coefficient (Wildman–Crippen LogP) is 4.44. The van der Waals surface area contributed by atoms with Crippen LogP contribution < -0.4 is 22.1 Å². The van der Waals surface area contributed by atoms with Crippen LogP contribution in [0.3, 0.4) is 0 Å². The molecule has 1 heterocycles. The molecule has 5 rings (SSSR count). The Morgan fingerprint density at radius 1 is 0.930 bits per heavy atom. The molecule has 2 amide bonds. The summed E-state index contributed by atoms with van der Waals surface area (Å²) < 4.78 is 0. The van der Waals surface area contributed by atoms with Gasteiger partial charge in [0.1, 0.15) is 5.78 Å². The summed E-state index contributed by atoms with van der Waals surface area (Å²) in [5.74, 6) is -0.252. The van der Waals surface area contributed by atoms with Crippen molar-refractivity contribution in [3.8, 4) is 11.1 Å². The minimum atomic E-state index is -0.527. The van der Waals surface area contributed by atoms with Crippen LogP contribution in [0.4, 0.5) is 5.69 Å². The summed E-state index contributed by atoms with van der Waals surface area (Å²) in [5.41, 5.74) is 16.3. The van der Waals surface area contributed by atoms with Gasteiger partial charge in [0.2, 0.25) is 5.91 Å². The maximum atomic E-state index is 13.7. The van der Waals surface area contributed by atoms with Crippen LogP contribution >= 0.6 is 0 Å². The molecule has 0 aliphatic heterocycles. The van der Waals surface area contributed by atoms with Crippen molar-refractivity contribution in [1.82, 2.24) is 15.5 Å². The number of ketones is 1. The van der Waals surface area contributed by atoms with Crippen molar-refractivity contribution in [2.24, 2.45) is 29.2 Å². The van der Waals surface area contributed by atoms with Crippen molar-refractivity contribution in [2.75, 3.05) is 25.0 Å². The first kappa shape index (κ1) is 30.1. The van der Waals surface area contributed by atoms with E-state index < -0.39 is 5.92 Å². The second-order valence-corrected chi connectivity index (χ2v) is 11.5. The number of aromatic amines is 1. The summed E-state index contributed by atoms with van der Waals surface area (Å²) in [4.78, 5) is 39.4. The monoisotopic (exact) mass is 580 g/mol. The van der Waals surface area contributed by atoms with E-state index in [1.54, 1.807) is 18.3 Å². The molecule has 224 valence electrons. The normalized spacial score (nSPS) is 17.3. The van der Waals surface area contributed by atoms with Crippen molar-refractivity contribution in [2.45, 2.75) is 38.5 Å². The number of hydrogen-bond acceptors (Lipinski definition) is 6. The molecule has 7 N–H and O–H groups in total. The van der Waals surface area contributed by atoms with Crippen molar-refractivity contribution in [1.29, 1.82) is 0 Å². The average molecular weight is 581 g/mol. The zero-order chi connectivity index (χ0) is 30.2. The molecule has 0 spiro atoms. The zero-order valence-electron chi connectivity index (χ0n) is 24.4. The lowest BCUT2D eigenvalue weighted by atomic mass is 9.77. The number of hydrogen-bond donors (Lipinski definition) is 5. The Bertz CT molecular complexity index is 1560. The van der Waals surface area contributed by atoms with Gasteiger partial charge >= 0.3 is 0 Å². The highest BCUT2D eigenvalue weighted by molar-refractivity contribution is 5.97. The number of nitrogens with two attached hydrogens (primary N) is 2. The smallest absolute Gasteiger partial charge is 0.251 e. The molecule has 0 bridgehead atoms. The Morgan fingerprint density at radius 3 is 2.47 bits per heavy atom.